The number of fused-ring (bicyclic) bond motifs is 2. The minimum Gasteiger partial charge on any atom is -0.327 e. The Morgan fingerprint density at radius 1 is 1.20 bits per heavy atom. The summed E-state index contributed by atoms with van der Waals surface area (Å²) >= 11 is 0. The third-order valence-corrected chi connectivity index (χ3v) is 5.54. The quantitative estimate of drug-likeness (QED) is 0.741. The zero-order valence-electron chi connectivity index (χ0n) is 11.0. The topological polar surface area (TPSA) is 26.0 Å². The molecule has 15 heavy (non-hydrogen) atoms. The summed E-state index contributed by atoms with van der Waals surface area (Å²) in [5.74, 6) is 2.27. The molecule has 88 valence electrons. The molecule has 0 saturated heterocycles. The van der Waals surface area contributed by atoms with E-state index >= 15 is 0 Å². The van der Waals surface area contributed by atoms with Crippen LogP contribution in [-0.4, -0.2) is 6.04 Å². The summed E-state index contributed by atoms with van der Waals surface area (Å²) in [6.07, 6.45) is 4.27. The SMILES string of the molecule is CC(C)C(N)C1C2(C)CCC(C2)C1(C)C. The Morgan fingerprint density at radius 3 is 2.20 bits per heavy atom. The molecule has 1 nitrogen and oxygen atoms in total. The van der Waals surface area contributed by atoms with Crippen LogP contribution in [0.5, 0.6) is 0 Å². The van der Waals surface area contributed by atoms with Crippen LogP contribution in [0, 0.1) is 28.6 Å². The van der Waals surface area contributed by atoms with E-state index in [4.69, 9.17) is 5.73 Å². The van der Waals surface area contributed by atoms with E-state index in [0.717, 1.165) is 11.8 Å². The monoisotopic (exact) mass is 209 g/mol. The molecular formula is C14H27N. The highest BCUT2D eigenvalue weighted by molar-refractivity contribution is 5.11. The lowest BCUT2D eigenvalue weighted by Crippen LogP contribution is -2.49. The van der Waals surface area contributed by atoms with Gasteiger partial charge >= 0.3 is 0 Å². The van der Waals surface area contributed by atoms with Gasteiger partial charge in [0.25, 0.3) is 0 Å². The Hall–Kier alpha value is -0.0400. The van der Waals surface area contributed by atoms with Crippen LogP contribution in [0.2, 0.25) is 0 Å². The lowest BCUT2D eigenvalue weighted by Gasteiger charge is -2.47. The zero-order chi connectivity index (χ0) is 11.4. The molecule has 1 heteroatoms. The Morgan fingerprint density at radius 2 is 1.80 bits per heavy atom. The number of rotatable bonds is 2. The van der Waals surface area contributed by atoms with Crippen molar-refractivity contribution in [3.63, 3.8) is 0 Å². The lowest BCUT2D eigenvalue weighted by molar-refractivity contribution is 0.0392. The van der Waals surface area contributed by atoms with Gasteiger partial charge in [-0.3, -0.25) is 0 Å². The fraction of sp³-hybridized carbons (Fsp3) is 1.00. The zero-order valence-corrected chi connectivity index (χ0v) is 11.0. The van der Waals surface area contributed by atoms with Crippen LogP contribution < -0.4 is 5.73 Å². The van der Waals surface area contributed by atoms with Gasteiger partial charge in [-0.15, -0.1) is 0 Å². The molecule has 0 aromatic rings. The number of nitrogens with two attached hydrogens (primary N) is 1. The first-order valence-corrected chi connectivity index (χ1v) is 6.54. The highest BCUT2D eigenvalue weighted by Gasteiger charge is 2.60. The average molecular weight is 209 g/mol. The van der Waals surface area contributed by atoms with Crippen molar-refractivity contribution in [3.8, 4) is 0 Å². The van der Waals surface area contributed by atoms with Crippen LogP contribution in [-0.2, 0) is 0 Å². The summed E-state index contributed by atoms with van der Waals surface area (Å²) in [6, 6.07) is 0.385. The number of hydrogen-bond acceptors (Lipinski definition) is 1. The van der Waals surface area contributed by atoms with Crippen LogP contribution in [0.25, 0.3) is 0 Å². The van der Waals surface area contributed by atoms with E-state index in [1.54, 1.807) is 0 Å². The minimum atomic E-state index is 0.385. The maximum absolute atomic E-state index is 6.47. The largest absolute Gasteiger partial charge is 0.327 e. The molecule has 0 radical (unpaired) electrons. The van der Waals surface area contributed by atoms with Crippen LogP contribution in [0.15, 0.2) is 0 Å². The van der Waals surface area contributed by atoms with Crippen molar-refractivity contribution < 1.29 is 0 Å². The highest BCUT2D eigenvalue weighted by atomic mass is 14.8. The minimum absolute atomic E-state index is 0.385. The van der Waals surface area contributed by atoms with Crippen molar-refractivity contribution in [2.45, 2.75) is 59.9 Å². The normalized spacial score (nSPS) is 45.0. The summed E-state index contributed by atoms with van der Waals surface area (Å²) in [6.45, 7) is 11.9. The molecule has 2 aliphatic rings. The predicted molar refractivity (Wildman–Crippen MR) is 65.5 cm³/mol. The van der Waals surface area contributed by atoms with E-state index < -0.39 is 0 Å². The van der Waals surface area contributed by atoms with Crippen LogP contribution in [0.1, 0.15) is 53.9 Å². The molecule has 2 rings (SSSR count). The third-order valence-electron chi connectivity index (χ3n) is 5.54. The molecule has 2 fully saturated rings. The second kappa shape index (κ2) is 3.23. The average Bonchev–Trinajstić information content (AvgIpc) is 2.54. The first kappa shape index (κ1) is 11.4. The molecular weight excluding hydrogens is 182 g/mol. The summed E-state index contributed by atoms with van der Waals surface area (Å²) in [5, 5.41) is 0. The van der Waals surface area contributed by atoms with Gasteiger partial charge in [-0.05, 0) is 47.8 Å². The van der Waals surface area contributed by atoms with Gasteiger partial charge in [-0.25, -0.2) is 0 Å². The van der Waals surface area contributed by atoms with Crippen molar-refractivity contribution in [1.82, 2.24) is 0 Å². The summed E-state index contributed by atoms with van der Waals surface area (Å²) in [4.78, 5) is 0. The third kappa shape index (κ3) is 1.46. The van der Waals surface area contributed by atoms with Crippen molar-refractivity contribution in [2.24, 2.45) is 34.3 Å². The van der Waals surface area contributed by atoms with E-state index in [2.05, 4.69) is 34.6 Å². The van der Waals surface area contributed by atoms with Crippen LogP contribution in [0.4, 0.5) is 0 Å². The second-order valence-corrected chi connectivity index (χ2v) is 7.21. The lowest BCUT2D eigenvalue weighted by atomic mass is 9.60. The Balaban J connectivity index is 2.30. The Labute approximate surface area is 94.8 Å². The van der Waals surface area contributed by atoms with Crippen molar-refractivity contribution in [3.05, 3.63) is 0 Å². The van der Waals surface area contributed by atoms with Crippen LogP contribution in [0.3, 0.4) is 0 Å². The molecule has 0 spiro atoms. The van der Waals surface area contributed by atoms with Gasteiger partial charge in [0.05, 0.1) is 0 Å². The van der Waals surface area contributed by atoms with Gasteiger partial charge < -0.3 is 5.73 Å². The molecule has 2 N–H and O–H groups in total. The predicted octanol–water partition coefficient (Wildman–Crippen LogP) is 3.43. The first-order chi connectivity index (χ1) is 6.79. The molecule has 2 bridgehead atoms. The molecule has 0 amide bonds. The molecule has 4 unspecified atom stereocenters. The Kier molecular flexibility index (Phi) is 2.46. The highest BCUT2D eigenvalue weighted by Crippen LogP contribution is 2.67. The van der Waals surface area contributed by atoms with Crippen molar-refractivity contribution >= 4 is 0 Å². The standard InChI is InChI=1S/C14H27N/c1-9(2)11(15)12-13(3,4)10-6-7-14(12,5)8-10/h9-12H,6-8,15H2,1-5H3. The van der Waals surface area contributed by atoms with E-state index in [9.17, 15) is 0 Å². The van der Waals surface area contributed by atoms with Crippen molar-refractivity contribution in [2.75, 3.05) is 0 Å². The van der Waals surface area contributed by atoms with Crippen LogP contribution >= 0.6 is 0 Å². The van der Waals surface area contributed by atoms with E-state index in [-0.39, 0.29) is 0 Å². The molecule has 0 heterocycles. The van der Waals surface area contributed by atoms with Crippen molar-refractivity contribution in [1.29, 1.82) is 0 Å². The maximum atomic E-state index is 6.47. The first-order valence-electron chi connectivity index (χ1n) is 6.54. The van der Waals surface area contributed by atoms with Gasteiger partial charge in [-0.1, -0.05) is 34.6 Å². The van der Waals surface area contributed by atoms with Gasteiger partial charge in [0.15, 0.2) is 0 Å². The second-order valence-electron chi connectivity index (χ2n) is 7.21. The van der Waals surface area contributed by atoms with E-state index in [1.165, 1.54) is 19.3 Å². The van der Waals surface area contributed by atoms with Gasteiger partial charge in [0.2, 0.25) is 0 Å². The summed E-state index contributed by atoms with van der Waals surface area (Å²) in [7, 11) is 0. The molecule has 0 aromatic heterocycles. The van der Waals surface area contributed by atoms with E-state index in [1.807, 2.05) is 0 Å². The van der Waals surface area contributed by atoms with Gasteiger partial charge in [-0.2, -0.15) is 0 Å². The van der Waals surface area contributed by atoms with Gasteiger partial charge in [0.1, 0.15) is 0 Å². The molecule has 0 aromatic carbocycles. The summed E-state index contributed by atoms with van der Waals surface area (Å²) < 4.78 is 0. The number of hydrogen-bond donors (Lipinski definition) is 1. The maximum Gasteiger partial charge on any atom is 0.0101 e. The smallest absolute Gasteiger partial charge is 0.0101 e. The summed E-state index contributed by atoms with van der Waals surface area (Å²) in [5.41, 5.74) is 7.48. The fourth-order valence-electron chi connectivity index (χ4n) is 4.69. The molecule has 2 saturated carbocycles. The fourth-order valence-corrected chi connectivity index (χ4v) is 4.69. The molecule has 0 aliphatic heterocycles. The van der Waals surface area contributed by atoms with E-state index in [0.29, 0.717) is 22.8 Å². The molecule has 2 aliphatic carbocycles. The Bertz CT molecular complexity index is 251. The van der Waals surface area contributed by atoms with Gasteiger partial charge in [0, 0.05) is 6.04 Å². The molecule has 4 atom stereocenters.